The second-order valence-corrected chi connectivity index (χ2v) is 6.92. The van der Waals surface area contributed by atoms with Crippen molar-refractivity contribution >= 4 is 23.5 Å². The van der Waals surface area contributed by atoms with Crippen LogP contribution in [0.25, 0.3) is 5.70 Å². The Hall–Kier alpha value is -3.10. The predicted octanol–water partition coefficient (Wildman–Crippen LogP) is 1.67. The Balaban J connectivity index is 2.27. The minimum Gasteiger partial charge on any atom is -0.465 e. The lowest BCUT2D eigenvalue weighted by Crippen LogP contribution is -2.49. The molecule has 0 fully saturated rings. The molecule has 0 aliphatic carbocycles. The molecule has 2 rings (SSSR count). The first-order valence-electron chi connectivity index (χ1n) is 8.41. The minimum absolute atomic E-state index is 0.169. The standard InChI is InChI=1S/C18H25N5O4/c1-6-13-9-20-14(11-22(13)17(25)27-18(2,3)4)15(7-19)23-10-12(8-21-23)16(24)26-5/h6-8,10,13H,1,9,11,19H2,2-5H3/t13-/m0/s1. The number of rotatable bonds is 4. The molecule has 0 bridgehead atoms. The fraction of sp³-hybridized carbons (Fsp3) is 0.444. The zero-order chi connectivity index (χ0) is 20.2. The second kappa shape index (κ2) is 8.07. The van der Waals surface area contributed by atoms with E-state index in [1.54, 1.807) is 26.8 Å². The van der Waals surface area contributed by atoms with Gasteiger partial charge in [-0.1, -0.05) is 6.08 Å². The maximum atomic E-state index is 12.6. The molecule has 2 heterocycles. The average Bonchev–Trinajstić information content (AvgIpc) is 3.10. The number of nitrogens with two attached hydrogens (primary N) is 1. The Labute approximate surface area is 158 Å². The van der Waals surface area contributed by atoms with Crippen LogP contribution in [0.2, 0.25) is 0 Å². The molecule has 146 valence electrons. The number of aromatic nitrogens is 2. The third-order valence-corrected chi connectivity index (χ3v) is 3.79. The monoisotopic (exact) mass is 375 g/mol. The molecule has 0 radical (unpaired) electrons. The molecule has 9 nitrogen and oxygen atoms in total. The molecule has 27 heavy (non-hydrogen) atoms. The summed E-state index contributed by atoms with van der Waals surface area (Å²) in [6.07, 6.45) is 5.38. The predicted molar refractivity (Wildman–Crippen MR) is 101 cm³/mol. The zero-order valence-electron chi connectivity index (χ0n) is 16.0. The third kappa shape index (κ3) is 4.75. The molecular formula is C18H25N5O4. The summed E-state index contributed by atoms with van der Waals surface area (Å²) in [6, 6.07) is -0.286. The van der Waals surface area contributed by atoms with Crippen molar-refractivity contribution in [2.24, 2.45) is 10.7 Å². The number of hydrogen-bond donors (Lipinski definition) is 1. The zero-order valence-corrected chi connectivity index (χ0v) is 16.0. The van der Waals surface area contributed by atoms with Crippen LogP contribution in [-0.4, -0.2) is 64.3 Å². The van der Waals surface area contributed by atoms with Crippen LogP contribution in [0.3, 0.4) is 0 Å². The Morgan fingerprint density at radius 3 is 2.67 bits per heavy atom. The summed E-state index contributed by atoms with van der Waals surface area (Å²) in [5.74, 6) is -0.509. The summed E-state index contributed by atoms with van der Waals surface area (Å²) in [6.45, 7) is 9.66. The lowest BCUT2D eigenvalue weighted by molar-refractivity contribution is 0.0230. The number of carbonyl (C=O) groups excluding carboxylic acids is 2. The molecule has 1 aliphatic rings. The maximum Gasteiger partial charge on any atom is 0.411 e. The van der Waals surface area contributed by atoms with E-state index in [0.717, 1.165) is 0 Å². The van der Waals surface area contributed by atoms with Crippen molar-refractivity contribution in [2.45, 2.75) is 32.4 Å². The summed E-state index contributed by atoms with van der Waals surface area (Å²) in [7, 11) is 1.29. The van der Waals surface area contributed by atoms with E-state index in [1.165, 1.54) is 35.3 Å². The molecule has 0 unspecified atom stereocenters. The van der Waals surface area contributed by atoms with Gasteiger partial charge in [-0.25, -0.2) is 14.3 Å². The average molecular weight is 375 g/mol. The normalized spacial score (nSPS) is 17.9. The highest BCUT2D eigenvalue weighted by Gasteiger charge is 2.32. The van der Waals surface area contributed by atoms with Gasteiger partial charge in [-0.05, 0) is 20.8 Å². The summed E-state index contributed by atoms with van der Waals surface area (Å²) >= 11 is 0. The van der Waals surface area contributed by atoms with Gasteiger partial charge >= 0.3 is 12.1 Å². The Morgan fingerprint density at radius 2 is 2.11 bits per heavy atom. The largest absolute Gasteiger partial charge is 0.465 e. The quantitative estimate of drug-likeness (QED) is 0.633. The molecule has 0 saturated heterocycles. The van der Waals surface area contributed by atoms with Crippen molar-refractivity contribution in [3.63, 3.8) is 0 Å². The number of hydrogen-bond acceptors (Lipinski definition) is 7. The molecule has 1 aliphatic heterocycles. The molecule has 1 aromatic rings. The van der Waals surface area contributed by atoms with Crippen LogP contribution in [-0.2, 0) is 9.47 Å². The summed E-state index contributed by atoms with van der Waals surface area (Å²) < 4.78 is 11.6. The van der Waals surface area contributed by atoms with E-state index in [-0.39, 0.29) is 18.2 Å². The van der Waals surface area contributed by atoms with E-state index in [1.807, 2.05) is 0 Å². The first-order valence-corrected chi connectivity index (χ1v) is 8.41. The summed E-state index contributed by atoms with van der Waals surface area (Å²) in [5, 5.41) is 4.13. The lowest BCUT2D eigenvalue weighted by atomic mass is 10.1. The van der Waals surface area contributed by atoms with Gasteiger partial charge < -0.3 is 15.2 Å². The third-order valence-electron chi connectivity index (χ3n) is 3.79. The van der Waals surface area contributed by atoms with Gasteiger partial charge in [0.25, 0.3) is 0 Å². The van der Waals surface area contributed by atoms with Crippen LogP contribution < -0.4 is 5.73 Å². The van der Waals surface area contributed by atoms with Gasteiger partial charge in [0.15, 0.2) is 0 Å². The Morgan fingerprint density at radius 1 is 1.41 bits per heavy atom. The van der Waals surface area contributed by atoms with Crippen LogP contribution in [0.1, 0.15) is 31.1 Å². The second-order valence-electron chi connectivity index (χ2n) is 6.92. The number of carbonyl (C=O) groups is 2. The van der Waals surface area contributed by atoms with Gasteiger partial charge in [0, 0.05) is 12.4 Å². The first kappa shape index (κ1) is 20.2. The molecule has 0 saturated carbocycles. The van der Waals surface area contributed by atoms with Crippen molar-refractivity contribution in [2.75, 3.05) is 20.2 Å². The van der Waals surface area contributed by atoms with Gasteiger partial charge in [-0.15, -0.1) is 6.58 Å². The first-order chi connectivity index (χ1) is 12.7. The fourth-order valence-corrected chi connectivity index (χ4v) is 2.50. The van der Waals surface area contributed by atoms with Crippen molar-refractivity contribution < 1.29 is 19.1 Å². The number of methoxy groups -OCH3 is 1. The summed E-state index contributed by atoms with van der Waals surface area (Å²) in [4.78, 5) is 30.2. The number of amides is 1. The summed E-state index contributed by atoms with van der Waals surface area (Å²) in [5.41, 5.74) is 6.43. The molecule has 0 aromatic carbocycles. The van der Waals surface area contributed by atoms with Gasteiger partial charge in [-0.2, -0.15) is 5.10 Å². The minimum atomic E-state index is -0.624. The number of aliphatic imine (C=N–C) groups is 1. The van der Waals surface area contributed by atoms with E-state index in [9.17, 15) is 9.59 Å². The number of nitrogens with zero attached hydrogens (tertiary/aromatic N) is 4. The molecular weight excluding hydrogens is 350 g/mol. The van der Waals surface area contributed by atoms with E-state index in [4.69, 9.17) is 10.5 Å². The highest BCUT2D eigenvalue weighted by Crippen LogP contribution is 2.19. The maximum absolute atomic E-state index is 12.6. The van der Waals surface area contributed by atoms with Gasteiger partial charge in [0.2, 0.25) is 0 Å². The van der Waals surface area contributed by atoms with Gasteiger partial charge in [-0.3, -0.25) is 9.89 Å². The van der Waals surface area contributed by atoms with E-state index < -0.39 is 17.7 Å². The molecule has 2 N–H and O–H groups in total. The van der Waals surface area contributed by atoms with E-state index >= 15 is 0 Å². The molecule has 0 spiro atoms. The van der Waals surface area contributed by atoms with E-state index in [0.29, 0.717) is 18.0 Å². The van der Waals surface area contributed by atoms with Crippen LogP contribution in [0, 0.1) is 0 Å². The van der Waals surface area contributed by atoms with Crippen molar-refractivity contribution in [1.29, 1.82) is 0 Å². The highest BCUT2D eigenvalue weighted by atomic mass is 16.6. The highest BCUT2D eigenvalue weighted by molar-refractivity contribution is 6.20. The van der Waals surface area contributed by atoms with E-state index in [2.05, 4.69) is 21.4 Å². The Kier molecular flexibility index (Phi) is 6.04. The van der Waals surface area contributed by atoms with Crippen molar-refractivity contribution in [3.8, 4) is 0 Å². The lowest BCUT2D eigenvalue weighted by Gasteiger charge is -2.34. The number of esters is 1. The van der Waals surface area contributed by atoms with Crippen LogP contribution in [0.15, 0.2) is 36.2 Å². The van der Waals surface area contributed by atoms with Crippen molar-refractivity contribution in [1.82, 2.24) is 14.7 Å². The SMILES string of the molecule is C=C[C@H]1CN=C(C(=CN)n2cc(C(=O)OC)cn2)CN1C(=O)OC(C)(C)C. The van der Waals surface area contributed by atoms with Crippen molar-refractivity contribution in [3.05, 3.63) is 36.8 Å². The molecule has 1 aromatic heterocycles. The molecule has 1 atom stereocenters. The topological polar surface area (TPSA) is 112 Å². The van der Waals surface area contributed by atoms with Gasteiger partial charge in [0.05, 0.1) is 43.7 Å². The van der Waals surface area contributed by atoms with Gasteiger partial charge in [0.1, 0.15) is 11.3 Å². The van der Waals surface area contributed by atoms with Crippen LogP contribution in [0.5, 0.6) is 0 Å². The smallest absolute Gasteiger partial charge is 0.411 e. The molecule has 1 amide bonds. The Bertz CT molecular complexity index is 788. The number of ether oxygens (including phenoxy) is 2. The van der Waals surface area contributed by atoms with Crippen LogP contribution >= 0.6 is 0 Å². The fourth-order valence-electron chi connectivity index (χ4n) is 2.50. The molecule has 9 heteroatoms. The van der Waals surface area contributed by atoms with Crippen LogP contribution in [0.4, 0.5) is 4.79 Å².